The minimum absolute atomic E-state index is 0. The lowest BCUT2D eigenvalue weighted by atomic mass is 10.1. The molecule has 0 aliphatic heterocycles. The van der Waals surface area contributed by atoms with Crippen LogP contribution >= 0.6 is 12.4 Å². The summed E-state index contributed by atoms with van der Waals surface area (Å²) in [7, 11) is 0. The zero-order valence-electron chi connectivity index (χ0n) is 17.0. The van der Waals surface area contributed by atoms with Gasteiger partial charge in [-0.3, -0.25) is 9.20 Å². The molecule has 162 valence electrons. The molecule has 1 aromatic carbocycles. The Hall–Kier alpha value is -4.05. The standard InChI is InChI=1S/C21H16FN7O2.ClH/c1-11-19(31-12(2)26-11)20(30)27-14-3-4-16(22)15(5-14)18-9-29-8-13(6-24-21(29)28-18)17-7-23-10-25-17;/h3-10H,1-2H3,(H,23,25)(H,27,30);1H. The lowest BCUT2D eigenvalue weighted by Gasteiger charge is -2.06. The Kier molecular flexibility index (Phi) is 5.45. The molecule has 0 radical (unpaired) electrons. The number of halogens is 2. The number of nitrogens with one attached hydrogen (secondary N) is 2. The third-order valence-electron chi connectivity index (χ3n) is 4.71. The van der Waals surface area contributed by atoms with E-state index in [1.807, 2.05) is 6.20 Å². The molecule has 11 heteroatoms. The molecule has 0 unspecified atom stereocenters. The second kappa shape index (κ2) is 8.23. The molecule has 9 nitrogen and oxygen atoms in total. The number of H-pyrrole nitrogens is 1. The molecule has 5 aromatic rings. The van der Waals surface area contributed by atoms with E-state index in [9.17, 15) is 9.18 Å². The molecule has 0 aliphatic carbocycles. The number of rotatable bonds is 4. The number of nitrogens with zero attached hydrogens (tertiary/aromatic N) is 5. The molecule has 0 spiro atoms. The second-order valence-electron chi connectivity index (χ2n) is 6.93. The highest BCUT2D eigenvalue weighted by Crippen LogP contribution is 2.27. The molecular weight excluding hydrogens is 437 g/mol. The topological polar surface area (TPSA) is 114 Å². The van der Waals surface area contributed by atoms with Crippen molar-refractivity contribution >= 4 is 29.8 Å². The molecule has 4 heterocycles. The van der Waals surface area contributed by atoms with Crippen LogP contribution in [0.1, 0.15) is 22.1 Å². The highest BCUT2D eigenvalue weighted by molar-refractivity contribution is 6.03. The van der Waals surface area contributed by atoms with Crippen molar-refractivity contribution in [2.45, 2.75) is 13.8 Å². The highest BCUT2D eigenvalue weighted by Gasteiger charge is 2.18. The summed E-state index contributed by atoms with van der Waals surface area (Å²) in [5, 5.41) is 2.71. The van der Waals surface area contributed by atoms with Crippen LogP contribution in [0.5, 0.6) is 0 Å². The maximum absolute atomic E-state index is 14.6. The number of anilines is 1. The zero-order chi connectivity index (χ0) is 21.5. The fourth-order valence-corrected chi connectivity index (χ4v) is 3.29. The number of fused-ring (bicyclic) bond motifs is 1. The Morgan fingerprint density at radius 3 is 2.72 bits per heavy atom. The van der Waals surface area contributed by atoms with Gasteiger partial charge in [-0.2, -0.15) is 0 Å². The number of amides is 1. The van der Waals surface area contributed by atoms with Crippen LogP contribution in [0.25, 0.3) is 28.3 Å². The van der Waals surface area contributed by atoms with Gasteiger partial charge in [0.15, 0.2) is 5.89 Å². The first-order chi connectivity index (χ1) is 15.0. The number of hydrogen-bond acceptors (Lipinski definition) is 6. The number of benzene rings is 1. The van der Waals surface area contributed by atoms with Gasteiger partial charge in [0.2, 0.25) is 11.5 Å². The quantitative estimate of drug-likeness (QED) is 0.421. The monoisotopic (exact) mass is 453 g/mol. The molecule has 2 N–H and O–H groups in total. The number of carbonyl (C=O) groups is 1. The Balaban J connectivity index is 0.00000245. The van der Waals surface area contributed by atoms with E-state index in [2.05, 4.69) is 30.2 Å². The Morgan fingerprint density at radius 2 is 2.00 bits per heavy atom. The molecule has 0 saturated heterocycles. The summed E-state index contributed by atoms with van der Waals surface area (Å²) in [6.45, 7) is 3.34. The predicted octanol–water partition coefficient (Wildman–Crippen LogP) is 4.20. The smallest absolute Gasteiger partial charge is 0.293 e. The van der Waals surface area contributed by atoms with Gasteiger partial charge in [0.05, 0.1) is 23.4 Å². The van der Waals surface area contributed by atoms with Crippen LogP contribution in [0.15, 0.2) is 53.7 Å². The van der Waals surface area contributed by atoms with Crippen molar-refractivity contribution in [3.05, 3.63) is 72.5 Å². The normalized spacial score (nSPS) is 10.8. The number of oxazole rings is 1. The van der Waals surface area contributed by atoms with E-state index >= 15 is 0 Å². The molecular formula is C21H17ClFN7O2. The molecule has 32 heavy (non-hydrogen) atoms. The first-order valence-electron chi connectivity index (χ1n) is 9.37. The van der Waals surface area contributed by atoms with Gasteiger partial charge in [0, 0.05) is 48.5 Å². The molecule has 0 aliphatic rings. The minimum atomic E-state index is -0.472. The predicted molar refractivity (Wildman–Crippen MR) is 117 cm³/mol. The lowest BCUT2D eigenvalue weighted by molar-refractivity contribution is 0.0994. The van der Waals surface area contributed by atoms with Gasteiger partial charge in [-0.05, 0) is 25.1 Å². The summed E-state index contributed by atoms with van der Waals surface area (Å²) in [6, 6.07) is 4.26. The van der Waals surface area contributed by atoms with E-state index in [1.54, 1.807) is 43.2 Å². The molecule has 1 amide bonds. The van der Waals surface area contributed by atoms with Crippen LogP contribution in [0.3, 0.4) is 0 Å². The molecule has 0 fully saturated rings. The first kappa shape index (κ1) is 21.2. The summed E-state index contributed by atoms with van der Waals surface area (Å²) >= 11 is 0. The average molecular weight is 454 g/mol. The van der Waals surface area contributed by atoms with Crippen LogP contribution < -0.4 is 5.32 Å². The number of aromatic nitrogens is 6. The van der Waals surface area contributed by atoms with Crippen molar-refractivity contribution in [3.8, 4) is 22.5 Å². The van der Waals surface area contributed by atoms with Gasteiger partial charge < -0.3 is 14.7 Å². The summed E-state index contributed by atoms with van der Waals surface area (Å²) < 4.78 is 21.6. The Morgan fingerprint density at radius 1 is 1.16 bits per heavy atom. The van der Waals surface area contributed by atoms with Gasteiger partial charge in [-0.1, -0.05) is 0 Å². The van der Waals surface area contributed by atoms with E-state index in [0.29, 0.717) is 28.7 Å². The highest BCUT2D eigenvalue weighted by atomic mass is 35.5. The van der Waals surface area contributed by atoms with Crippen LogP contribution in [-0.4, -0.2) is 35.2 Å². The Bertz CT molecular complexity index is 1430. The van der Waals surface area contributed by atoms with Crippen molar-refractivity contribution < 1.29 is 13.6 Å². The van der Waals surface area contributed by atoms with Crippen LogP contribution in [0, 0.1) is 19.7 Å². The van der Waals surface area contributed by atoms with Crippen LogP contribution in [-0.2, 0) is 0 Å². The fourth-order valence-electron chi connectivity index (χ4n) is 3.29. The molecule has 4 aromatic heterocycles. The lowest BCUT2D eigenvalue weighted by Crippen LogP contribution is -2.12. The van der Waals surface area contributed by atoms with Gasteiger partial charge in [0.1, 0.15) is 5.82 Å². The van der Waals surface area contributed by atoms with Gasteiger partial charge in [-0.25, -0.2) is 24.3 Å². The van der Waals surface area contributed by atoms with Crippen LogP contribution in [0.2, 0.25) is 0 Å². The molecule has 5 rings (SSSR count). The van der Waals surface area contributed by atoms with E-state index in [4.69, 9.17) is 4.42 Å². The van der Waals surface area contributed by atoms with Gasteiger partial charge in [-0.15, -0.1) is 12.4 Å². The SMILES string of the molecule is Cc1nc(C)c(C(=O)Nc2ccc(F)c(-c3cn4cc(-c5c[nH]cn5)cnc4n3)c2)o1.Cl. The van der Waals surface area contributed by atoms with Crippen molar-refractivity contribution in [1.29, 1.82) is 0 Å². The first-order valence-corrected chi connectivity index (χ1v) is 9.37. The van der Waals surface area contributed by atoms with Crippen molar-refractivity contribution in [2.75, 3.05) is 5.32 Å². The van der Waals surface area contributed by atoms with Gasteiger partial charge >= 0.3 is 0 Å². The van der Waals surface area contributed by atoms with Crippen molar-refractivity contribution in [2.24, 2.45) is 0 Å². The van der Waals surface area contributed by atoms with E-state index in [0.717, 1.165) is 11.3 Å². The third-order valence-corrected chi connectivity index (χ3v) is 4.71. The second-order valence-corrected chi connectivity index (χ2v) is 6.93. The van der Waals surface area contributed by atoms with Crippen molar-refractivity contribution in [3.63, 3.8) is 0 Å². The third kappa shape index (κ3) is 3.83. The molecule has 0 bridgehead atoms. The maximum Gasteiger partial charge on any atom is 0.293 e. The van der Waals surface area contributed by atoms with E-state index in [1.165, 1.54) is 18.2 Å². The van der Waals surface area contributed by atoms with Crippen molar-refractivity contribution in [1.82, 2.24) is 29.3 Å². The average Bonchev–Trinajstić information content (AvgIpc) is 3.48. The maximum atomic E-state index is 14.6. The zero-order valence-corrected chi connectivity index (χ0v) is 17.8. The van der Waals surface area contributed by atoms with E-state index < -0.39 is 11.7 Å². The summed E-state index contributed by atoms with van der Waals surface area (Å²) in [6.07, 6.45) is 8.47. The number of aryl methyl sites for hydroxylation is 2. The number of hydrogen-bond donors (Lipinski definition) is 2. The summed E-state index contributed by atoms with van der Waals surface area (Å²) in [4.78, 5) is 32.4. The summed E-state index contributed by atoms with van der Waals surface area (Å²) in [5.74, 6) is -0.00692. The Labute approximate surface area is 187 Å². The molecule has 0 atom stereocenters. The molecule has 0 saturated carbocycles. The summed E-state index contributed by atoms with van der Waals surface area (Å²) in [5.41, 5.74) is 3.02. The fraction of sp³-hybridized carbons (Fsp3) is 0.0952. The number of imidazole rings is 2. The van der Waals surface area contributed by atoms with E-state index in [-0.39, 0.29) is 23.7 Å². The van der Waals surface area contributed by atoms with Gasteiger partial charge in [0.25, 0.3) is 5.91 Å². The number of aromatic amines is 1. The number of carbonyl (C=O) groups excluding carboxylic acids is 1. The minimum Gasteiger partial charge on any atom is -0.436 e. The largest absolute Gasteiger partial charge is 0.436 e. The van der Waals surface area contributed by atoms with Crippen LogP contribution in [0.4, 0.5) is 10.1 Å².